The number of rotatable bonds is 2. The minimum atomic E-state index is -0.979. The summed E-state index contributed by atoms with van der Waals surface area (Å²) in [4.78, 5) is 17.5. The summed E-state index contributed by atoms with van der Waals surface area (Å²) in [7, 11) is 0. The highest BCUT2D eigenvalue weighted by atomic mass is 35.5. The van der Waals surface area contributed by atoms with E-state index in [-0.39, 0.29) is 17.5 Å². The summed E-state index contributed by atoms with van der Waals surface area (Å²) in [6, 6.07) is 0. The van der Waals surface area contributed by atoms with Crippen molar-refractivity contribution in [3.63, 3.8) is 0 Å². The first-order valence-corrected chi connectivity index (χ1v) is 3.46. The minimum Gasteiger partial charge on any atom is -0.481 e. The van der Waals surface area contributed by atoms with Crippen LogP contribution in [0.4, 0.5) is 5.82 Å². The number of aromatic nitrogens is 2. The lowest BCUT2D eigenvalue weighted by Gasteiger charge is -1.99. The van der Waals surface area contributed by atoms with E-state index in [4.69, 9.17) is 22.4 Å². The molecule has 0 bridgehead atoms. The Hall–Kier alpha value is -1.36. The maximum atomic E-state index is 10.3. The maximum absolute atomic E-state index is 10.3. The van der Waals surface area contributed by atoms with Gasteiger partial charge in [0.25, 0.3) is 0 Å². The Bertz CT molecular complexity index is 316. The standard InChI is InChI=1S/C6H6ClN3O2/c7-6-9-2-3(1-4(11)12)5(8)10-6/h2H,1H2,(H,11,12)(H2,8,9,10). The molecular formula is C6H6ClN3O2. The Morgan fingerprint density at radius 2 is 2.42 bits per heavy atom. The molecule has 6 heteroatoms. The third-order valence-corrected chi connectivity index (χ3v) is 1.39. The largest absolute Gasteiger partial charge is 0.481 e. The summed E-state index contributed by atoms with van der Waals surface area (Å²) in [6.45, 7) is 0. The highest BCUT2D eigenvalue weighted by Gasteiger charge is 2.06. The summed E-state index contributed by atoms with van der Waals surface area (Å²) in [6.07, 6.45) is 1.11. The third-order valence-electron chi connectivity index (χ3n) is 1.21. The Labute approximate surface area is 73.2 Å². The smallest absolute Gasteiger partial charge is 0.308 e. The van der Waals surface area contributed by atoms with E-state index < -0.39 is 5.97 Å². The van der Waals surface area contributed by atoms with Gasteiger partial charge in [-0.2, -0.15) is 0 Å². The van der Waals surface area contributed by atoms with Crippen LogP contribution in [0.25, 0.3) is 0 Å². The highest BCUT2D eigenvalue weighted by molar-refractivity contribution is 6.28. The second-order valence-corrected chi connectivity index (χ2v) is 2.46. The van der Waals surface area contributed by atoms with Gasteiger partial charge in [-0.15, -0.1) is 0 Å². The van der Waals surface area contributed by atoms with Gasteiger partial charge < -0.3 is 10.8 Å². The molecule has 0 aliphatic rings. The maximum Gasteiger partial charge on any atom is 0.308 e. The van der Waals surface area contributed by atoms with Crippen LogP contribution in [0.1, 0.15) is 5.56 Å². The summed E-state index contributed by atoms with van der Waals surface area (Å²) < 4.78 is 0. The number of hydrogen-bond acceptors (Lipinski definition) is 4. The van der Waals surface area contributed by atoms with Gasteiger partial charge in [0.1, 0.15) is 5.82 Å². The second-order valence-electron chi connectivity index (χ2n) is 2.12. The quantitative estimate of drug-likeness (QED) is 0.652. The van der Waals surface area contributed by atoms with Crippen LogP contribution >= 0.6 is 11.6 Å². The van der Waals surface area contributed by atoms with Crippen molar-refractivity contribution in [2.75, 3.05) is 5.73 Å². The van der Waals surface area contributed by atoms with Crippen LogP contribution in [0.3, 0.4) is 0 Å². The number of carboxylic acid groups (broad SMARTS) is 1. The fourth-order valence-corrected chi connectivity index (χ4v) is 0.836. The Morgan fingerprint density at radius 3 is 2.92 bits per heavy atom. The zero-order valence-electron chi connectivity index (χ0n) is 5.99. The zero-order chi connectivity index (χ0) is 9.14. The molecule has 5 nitrogen and oxygen atoms in total. The molecule has 0 saturated heterocycles. The number of nitrogen functional groups attached to an aromatic ring is 1. The lowest BCUT2D eigenvalue weighted by molar-refractivity contribution is -0.136. The van der Waals surface area contributed by atoms with Crippen LogP contribution < -0.4 is 5.73 Å². The third kappa shape index (κ3) is 2.06. The molecule has 0 aromatic carbocycles. The molecule has 0 aliphatic carbocycles. The topological polar surface area (TPSA) is 89.1 Å². The van der Waals surface area contributed by atoms with Crippen LogP contribution in [-0.2, 0) is 11.2 Å². The van der Waals surface area contributed by atoms with Gasteiger partial charge in [-0.05, 0) is 11.6 Å². The summed E-state index contributed by atoms with van der Waals surface area (Å²) in [5.74, 6) is -0.870. The molecule has 0 fully saturated rings. The predicted molar refractivity (Wildman–Crippen MR) is 42.8 cm³/mol. The number of carbonyl (C=O) groups is 1. The highest BCUT2D eigenvalue weighted by Crippen LogP contribution is 2.10. The lowest BCUT2D eigenvalue weighted by Crippen LogP contribution is -2.06. The summed E-state index contributed by atoms with van der Waals surface area (Å²) in [5, 5.41) is 8.43. The Kier molecular flexibility index (Phi) is 2.44. The molecule has 0 radical (unpaired) electrons. The minimum absolute atomic E-state index is 0.0154. The van der Waals surface area contributed by atoms with Crippen molar-refractivity contribution in [3.8, 4) is 0 Å². The van der Waals surface area contributed by atoms with Gasteiger partial charge in [0, 0.05) is 11.8 Å². The Balaban J connectivity index is 2.93. The van der Waals surface area contributed by atoms with E-state index in [1.165, 1.54) is 6.20 Å². The van der Waals surface area contributed by atoms with Crippen LogP contribution in [-0.4, -0.2) is 21.0 Å². The van der Waals surface area contributed by atoms with Crippen molar-refractivity contribution in [3.05, 3.63) is 17.0 Å². The number of carboxylic acids is 1. The van der Waals surface area contributed by atoms with E-state index >= 15 is 0 Å². The Morgan fingerprint density at radius 1 is 1.75 bits per heavy atom. The fraction of sp³-hybridized carbons (Fsp3) is 0.167. The number of nitrogens with zero attached hydrogens (tertiary/aromatic N) is 2. The molecule has 3 N–H and O–H groups in total. The van der Waals surface area contributed by atoms with Gasteiger partial charge in [0.2, 0.25) is 5.28 Å². The van der Waals surface area contributed by atoms with Gasteiger partial charge in [-0.1, -0.05) is 0 Å². The number of anilines is 1. The van der Waals surface area contributed by atoms with E-state index in [0.717, 1.165) is 0 Å². The van der Waals surface area contributed by atoms with Crippen LogP contribution in [0, 0.1) is 0 Å². The average Bonchev–Trinajstić information content (AvgIpc) is 1.94. The van der Waals surface area contributed by atoms with Gasteiger partial charge in [-0.3, -0.25) is 4.79 Å². The van der Waals surface area contributed by atoms with Crippen molar-refractivity contribution >= 4 is 23.4 Å². The molecule has 1 rings (SSSR count). The molecule has 12 heavy (non-hydrogen) atoms. The molecule has 0 amide bonds. The van der Waals surface area contributed by atoms with Gasteiger partial charge in [0.15, 0.2) is 0 Å². The van der Waals surface area contributed by atoms with Crippen molar-refractivity contribution in [1.82, 2.24) is 9.97 Å². The molecule has 1 aromatic rings. The summed E-state index contributed by atoms with van der Waals surface area (Å²) >= 11 is 5.40. The van der Waals surface area contributed by atoms with E-state index in [1.807, 2.05) is 0 Å². The molecule has 1 aromatic heterocycles. The first-order valence-electron chi connectivity index (χ1n) is 3.08. The molecule has 1 heterocycles. The summed E-state index contributed by atoms with van der Waals surface area (Å²) in [5.41, 5.74) is 5.74. The van der Waals surface area contributed by atoms with Crippen molar-refractivity contribution < 1.29 is 9.90 Å². The molecule has 64 valence electrons. The number of hydrogen-bond donors (Lipinski definition) is 2. The molecule has 0 spiro atoms. The molecule has 0 unspecified atom stereocenters. The van der Waals surface area contributed by atoms with Crippen LogP contribution in [0.2, 0.25) is 5.28 Å². The van der Waals surface area contributed by atoms with Crippen molar-refractivity contribution in [2.24, 2.45) is 0 Å². The zero-order valence-corrected chi connectivity index (χ0v) is 6.75. The number of nitrogens with two attached hydrogens (primary N) is 1. The van der Waals surface area contributed by atoms with E-state index in [9.17, 15) is 4.79 Å². The van der Waals surface area contributed by atoms with Crippen LogP contribution in [0.15, 0.2) is 6.20 Å². The molecule has 0 atom stereocenters. The normalized spacial score (nSPS) is 9.75. The van der Waals surface area contributed by atoms with E-state index in [1.54, 1.807) is 0 Å². The first-order chi connectivity index (χ1) is 5.59. The SMILES string of the molecule is Nc1nc(Cl)ncc1CC(=O)O. The van der Waals surface area contributed by atoms with E-state index in [0.29, 0.717) is 5.56 Å². The molecular weight excluding hydrogens is 182 g/mol. The number of aliphatic carboxylic acids is 1. The molecule has 0 saturated carbocycles. The number of halogens is 1. The molecule has 0 aliphatic heterocycles. The second kappa shape index (κ2) is 3.36. The predicted octanol–water partition coefficient (Wildman–Crippen LogP) is 0.339. The first kappa shape index (κ1) is 8.73. The van der Waals surface area contributed by atoms with Crippen LogP contribution in [0.5, 0.6) is 0 Å². The van der Waals surface area contributed by atoms with E-state index in [2.05, 4.69) is 9.97 Å². The fourth-order valence-electron chi connectivity index (χ4n) is 0.697. The monoisotopic (exact) mass is 187 g/mol. The van der Waals surface area contributed by atoms with Gasteiger partial charge in [0.05, 0.1) is 6.42 Å². The van der Waals surface area contributed by atoms with Gasteiger partial charge in [-0.25, -0.2) is 9.97 Å². The lowest BCUT2D eigenvalue weighted by atomic mass is 10.2. The van der Waals surface area contributed by atoms with Crippen molar-refractivity contribution in [2.45, 2.75) is 6.42 Å². The average molecular weight is 188 g/mol. The van der Waals surface area contributed by atoms with Crippen molar-refractivity contribution in [1.29, 1.82) is 0 Å². The van der Waals surface area contributed by atoms with Gasteiger partial charge >= 0.3 is 5.97 Å².